The molecule has 4 rings (SSSR count). The second-order valence-electron chi connectivity index (χ2n) is 6.73. The van der Waals surface area contributed by atoms with Crippen molar-refractivity contribution < 1.29 is 8.76 Å². The van der Waals surface area contributed by atoms with Crippen LogP contribution in [0.1, 0.15) is 16.7 Å². The molecule has 142 valence electrons. The standard InChI is InChI=1S/C22H20N2O2S2/c1-15-7-12-20-21(13-15)27-22(23-20)17-8-10-19(11-9-17)24(28(25)26)14-18-6-4-3-5-16(18)2/h3-13H,14H2,1-2H3,(H,25,26). The molecule has 6 heteroatoms. The van der Waals surface area contributed by atoms with E-state index in [0.29, 0.717) is 12.2 Å². The van der Waals surface area contributed by atoms with Gasteiger partial charge in [0.2, 0.25) is 0 Å². The van der Waals surface area contributed by atoms with Crippen LogP contribution < -0.4 is 4.31 Å². The highest BCUT2D eigenvalue weighted by Gasteiger charge is 2.15. The van der Waals surface area contributed by atoms with Crippen LogP contribution in [0.15, 0.2) is 66.7 Å². The molecule has 0 radical (unpaired) electrons. The summed E-state index contributed by atoms with van der Waals surface area (Å²) in [6, 6.07) is 21.8. The van der Waals surface area contributed by atoms with Gasteiger partial charge in [-0.1, -0.05) is 30.3 Å². The highest BCUT2D eigenvalue weighted by atomic mass is 32.2. The van der Waals surface area contributed by atoms with Crippen LogP contribution in [0.3, 0.4) is 0 Å². The molecule has 3 aromatic carbocycles. The van der Waals surface area contributed by atoms with Gasteiger partial charge in [-0.05, 0) is 66.9 Å². The van der Waals surface area contributed by atoms with E-state index in [1.165, 1.54) is 9.87 Å². The first-order valence-corrected chi connectivity index (χ1v) is 10.8. The number of aryl methyl sites for hydroxylation is 2. The van der Waals surface area contributed by atoms with Gasteiger partial charge in [-0.3, -0.25) is 8.86 Å². The summed E-state index contributed by atoms with van der Waals surface area (Å²) in [5.74, 6) is 0. The fourth-order valence-corrected chi connectivity index (χ4v) is 4.73. The molecule has 0 aliphatic carbocycles. The van der Waals surface area contributed by atoms with Crippen molar-refractivity contribution in [1.82, 2.24) is 4.98 Å². The van der Waals surface area contributed by atoms with Gasteiger partial charge in [-0.25, -0.2) is 9.19 Å². The van der Waals surface area contributed by atoms with Crippen molar-refractivity contribution in [3.8, 4) is 10.6 Å². The molecule has 1 N–H and O–H groups in total. The maximum Gasteiger partial charge on any atom is 0.262 e. The summed E-state index contributed by atoms with van der Waals surface area (Å²) in [5, 5.41) is 0.947. The van der Waals surface area contributed by atoms with Crippen molar-refractivity contribution in [1.29, 1.82) is 0 Å². The van der Waals surface area contributed by atoms with Crippen molar-refractivity contribution >= 4 is 38.5 Å². The van der Waals surface area contributed by atoms with Gasteiger partial charge in [0.15, 0.2) is 0 Å². The third-order valence-corrected chi connectivity index (χ3v) is 6.49. The SMILES string of the molecule is Cc1ccc2nc(-c3ccc(N(Cc4ccccc4C)S(=O)O)cc3)sc2c1. The summed E-state index contributed by atoms with van der Waals surface area (Å²) in [6.45, 7) is 4.45. The maximum absolute atomic E-state index is 11.9. The number of thiazole rings is 1. The van der Waals surface area contributed by atoms with Crippen LogP contribution in [0, 0.1) is 13.8 Å². The average molecular weight is 409 g/mol. The molecular formula is C22H20N2O2S2. The molecule has 28 heavy (non-hydrogen) atoms. The topological polar surface area (TPSA) is 53.4 Å². The van der Waals surface area contributed by atoms with Crippen molar-refractivity contribution in [2.45, 2.75) is 20.4 Å². The Morgan fingerprint density at radius 2 is 1.79 bits per heavy atom. The zero-order valence-electron chi connectivity index (χ0n) is 15.6. The minimum absolute atomic E-state index is 0.371. The molecule has 0 amide bonds. The summed E-state index contributed by atoms with van der Waals surface area (Å²) in [6.07, 6.45) is 0. The third kappa shape index (κ3) is 3.85. The van der Waals surface area contributed by atoms with Crippen LogP contribution in [-0.2, 0) is 17.8 Å². The van der Waals surface area contributed by atoms with Crippen LogP contribution in [0.2, 0.25) is 0 Å². The molecule has 1 atom stereocenters. The van der Waals surface area contributed by atoms with Crippen LogP contribution in [0.4, 0.5) is 5.69 Å². The monoisotopic (exact) mass is 408 g/mol. The van der Waals surface area contributed by atoms with E-state index < -0.39 is 11.3 Å². The number of hydrogen-bond acceptors (Lipinski definition) is 3. The average Bonchev–Trinajstić information content (AvgIpc) is 3.10. The normalized spacial score (nSPS) is 12.2. The van der Waals surface area contributed by atoms with Crippen molar-refractivity contribution in [3.05, 3.63) is 83.4 Å². The fraction of sp³-hybridized carbons (Fsp3) is 0.136. The van der Waals surface area contributed by atoms with Gasteiger partial charge in [0, 0.05) is 5.56 Å². The van der Waals surface area contributed by atoms with Gasteiger partial charge in [-0.15, -0.1) is 11.3 Å². The Morgan fingerprint density at radius 3 is 2.50 bits per heavy atom. The molecule has 1 unspecified atom stereocenters. The summed E-state index contributed by atoms with van der Waals surface area (Å²) in [5.41, 5.74) is 6.03. The lowest BCUT2D eigenvalue weighted by molar-refractivity contribution is 0.558. The Kier molecular flexibility index (Phi) is 5.26. The van der Waals surface area contributed by atoms with Gasteiger partial charge < -0.3 is 0 Å². The van der Waals surface area contributed by atoms with Crippen LogP contribution in [0.25, 0.3) is 20.8 Å². The number of nitrogens with zero attached hydrogens (tertiary/aromatic N) is 2. The molecule has 0 bridgehead atoms. The van der Waals surface area contributed by atoms with E-state index in [4.69, 9.17) is 4.98 Å². The Bertz CT molecular complexity index is 1150. The molecule has 0 fully saturated rings. The van der Waals surface area contributed by atoms with E-state index in [9.17, 15) is 8.76 Å². The Morgan fingerprint density at radius 1 is 1.04 bits per heavy atom. The molecule has 0 aliphatic heterocycles. The van der Waals surface area contributed by atoms with E-state index >= 15 is 0 Å². The zero-order valence-corrected chi connectivity index (χ0v) is 17.3. The van der Waals surface area contributed by atoms with Gasteiger partial charge in [0.1, 0.15) is 5.01 Å². The quantitative estimate of drug-likeness (QED) is 0.430. The summed E-state index contributed by atoms with van der Waals surface area (Å²) in [4.78, 5) is 4.71. The molecule has 4 nitrogen and oxygen atoms in total. The molecule has 1 heterocycles. The molecule has 0 aliphatic rings. The zero-order chi connectivity index (χ0) is 19.7. The second-order valence-corrected chi connectivity index (χ2v) is 8.66. The van der Waals surface area contributed by atoms with Gasteiger partial charge in [0.05, 0.1) is 22.4 Å². The van der Waals surface area contributed by atoms with Crippen LogP contribution in [0.5, 0.6) is 0 Å². The van der Waals surface area contributed by atoms with E-state index in [2.05, 4.69) is 19.1 Å². The molecule has 1 aromatic heterocycles. The van der Waals surface area contributed by atoms with Crippen molar-refractivity contribution in [3.63, 3.8) is 0 Å². The predicted octanol–water partition coefficient (Wildman–Crippen LogP) is 5.72. The molecule has 0 saturated carbocycles. The first kappa shape index (κ1) is 18.8. The van der Waals surface area contributed by atoms with E-state index in [1.54, 1.807) is 11.3 Å². The number of rotatable bonds is 5. The largest absolute Gasteiger partial charge is 0.289 e. The number of hydrogen-bond donors (Lipinski definition) is 1. The van der Waals surface area contributed by atoms with E-state index in [1.807, 2.05) is 61.5 Å². The maximum atomic E-state index is 11.9. The highest BCUT2D eigenvalue weighted by Crippen LogP contribution is 2.32. The molecule has 4 aromatic rings. The third-order valence-electron chi connectivity index (χ3n) is 4.71. The molecule has 0 spiro atoms. The first-order valence-electron chi connectivity index (χ1n) is 8.92. The Balaban J connectivity index is 1.63. The minimum atomic E-state index is -2.11. The summed E-state index contributed by atoms with van der Waals surface area (Å²) < 4.78 is 24.4. The smallest absolute Gasteiger partial charge is 0.262 e. The second kappa shape index (κ2) is 7.83. The highest BCUT2D eigenvalue weighted by molar-refractivity contribution is 7.80. The number of aromatic nitrogens is 1. The predicted molar refractivity (Wildman–Crippen MR) is 118 cm³/mol. The van der Waals surface area contributed by atoms with Gasteiger partial charge in [0.25, 0.3) is 11.3 Å². The molecular weight excluding hydrogens is 388 g/mol. The fourth-order valence-electron chi connectivity index (χ4n) is 3.10. The van der Waals surface area contributed by atoms with Crippen LogP contribution >= 0.6 is 11.3 Å². The molecule has 0 saturated heterocycles. The lowest BCUT2D eigenvalue weighted by atomic mass is 10.1. The minimum Gasteiger partial charge on any atom is -0.289 e. The summed E-state index contributed by atoms with van der Waals surface area (Å²) in [7, 11) is 0. The number of fused-ring (bicyclic) bond motifs is 1. The van der Waals surface area contributed by atoms with E-state index in [0.717, 1.165) is 31.9 Å². The van der Waals surface area contributed by atoms with Crippen molar-refractivity contribution in [2.24, 2.45) is 0 Å². The lowest BCUT2D eigenvalue weighted by Gasteiger charge is -2.21. The van der Waals surface area contributed by atoms with Gasteiger partial charge in [-0.2, -0.15) is 0 Å². The Hall–Kier alpha value is -2.54. The van der Waals surface area contributed by atoms with Gasteiger partial charge >= 0.3 is 0 Å². The number of anilines is 1. The summed E-state index contributed by atoms with van der Waals surface area (Å²) >= 11 is -0.453. The van der Waals surface area contributed by atoms with Crippen molar-refractivity contribution in [2.75, 3.05) is 4.31 Å². The van der Waals surface area contributed by atoms with E-state index in [-0.39, 0.29) is 0 Å². The lowest BCUT2D eigenvalue weighted by Crippen LogP contribution is -2.24. The Labute approximate surface area is 170 Å². The number of benzene rings is 3. The first-order chi connectivity index (χ1) is 13.5. The van der Waals surface area contributed by atoms with Crippen LogP contribution in [-0.4, -0.2) is 13.7 Å².